The van der Waals surface area contributed by atoms with Gasteiger partial charge in [-0.3, -0.25) is 14.6 Å². The van der Waals surface area contributed by atoms with Crippen LogP contribution in [0.1, 0.15) is 0 Å². The smallest absolute Gasteiger partial charge is 0.907 e. The summed E-state index contributed by atoms with van der Waals surface area (Å²) in [5.74, 6) is 0. The van der Waals surface area contributed by atoms with Gasteiger partial charge in [0.2, 0.25) is 0 Å². The molecule has 0 rings (SSSR count). The number of rotatable bonds is 0. The van der Waals surface area contributed by atoms with E-state index in [1.165, 1.54) is 0 Å². The molecule has 0 spiro atoms. The molecule has 0 bridgehead atoms. The molecule has 0 unspecified atom stereocenters. The molecule has 0 saturated heterocycles. The van der Waals surface area contributed by atoms with Gasteiger partial charge in [0.05, 0.1) is 0 Å². The predicted molar refractivity (Wildman–Crippen MR) is 11.5 cm³/mol. The van der Waals surface area contributed by atoms with Gasteiger partial charge in [0.1, 0.15) is 0 Å². The molecule has 0 heterocycles. The third kappa shape index (κ3) is 170. The van der Waals surface area contributed by atoms with Crippen molar-refractivity contribution >= 4 is 14.6 Å². The fraction of sp³-hybridized carbons (Fsp3) is 0. The average molecular weight is 365 g/mol. The first kappa shape index (κ1) is 22.8. The van der Waals surface area contributed by atoms with E-state index >= 15 is 0 Å². The molecule has 0 atom stereocenters. The second-order valence-corrected chi connectivity index (χ2v) is 0.577. The Morgan fingerprint density at radius 1 is 0.600 bits per heavy atom. The molecule has 6 nitrogen and oxygen atoms in total. The van der Waals surface area contributed by atoms with Crippen LogP contribution in [-0.4, -0.2) is 14.6 Å². The number of hydrogen-bond acceptors (Lipinski definition) is 6. The maximum absolute atomic E-state index is 8.42. The van der Waals surface area contributed by atoms with E-state index in [1.807, 2.05) is 0 Å². The first-order valence-corrected chi connectivity index (χ1v) is 1.41. The van der Waals surface area contributed by atoms with Crippen molar-refractivity contribution in [1.29, 1.82) is 0 Å². The fourth-order valence-corrected chi connectivity index (χ4v) is 0. The van der Waals surface area contributed by atoms with Gasteiger partial charge in [-0.05, 0) is 0 Å². The summed E-state index contributed by atoms with van der Waals surface area (Å²) < 4.78 is 0. The van der Waals surface area contributed by atoms with Crippen molar-refractivity contribution < 1.29 is 101 Å². The molecular formula is B2O6TbY. The van der Waals surface area contributed by atoms with Crippen molar-refractivity contribution in [2.45, 2.75) is 0 Å². The maximum atomic E-state index is 8.42. The topological polar surface area (TPSA) is 138 Å². The van der Waals surface area contributed by atoms with Gasteiger partial charge in [-0.15, -0.1) is 0 Å². The second-order valence-electron chi connectivity index (χ2n) is 0.577. The largest absolute Gasteiger partial charge is 3.00 e. The van der Waals surface area contributed by atoms with Gasteiger partial charge in [0, 0.05) is 0 Å². The van der Waals surface area contributed by atoms with Crippen LogP contribution in [0.15, 0.2) is 0 Å². The Labute approximate surface area is 114 Å². The van der Waals surface area contributed by atoms with Crippen LogP contribution in [0.3, 0.4) is 0 Å². The minimum absolute atomic E-state index is 0. The molecule has 0 fully saturated rings. The van der Waals surface area contributed by atoms with Crippen molar-refractivity contribution in [3.63, 3.8) is 0 Å². The summed E-state index contributed by atoms with van der Waals surface area (Å²) in [4.78, 5) is 0. The van der Waals surface area contributed by atoms with Crippen LogP contribution in [0.5, 0.6) is 0 Å². The van der Waals surface area contributed by atoms with Crippen molar-refractivity contribution in [3.8, 4) is 0 Å². The van der Waals surface area contributed by atoms with Gasteiger partial charge in [-0.2, -0.15) is 0 Å². The molecule has 54 valence electrons. The molecule has 0 aromatic heterocycles. The molecule has 0 aromatic rings. The van der Waals surface area contributed by atoms with Crippen LogP contribution in [0.2, 0.25) is 0 Å². The van der Waals surface area contributed by atoms with Gasteiger partial charge in [-0.1, -0.05) is 0 Å². The van der Waals surface area contributed by atoms with E-state index in [2.05, 4.69) is 0 Å². The summed E-state index contributed by atoms with van der Waals surface area (Å²) in [6.07, 6.45) is 0. The Morgan fingerprint density at radius 2 is 0.600 bits per heavy atom. The molecule has 0 radical (unpaired) electrons. The molecule has 0 aliphatic heterocycles. The van der Waals surface area contributed by atoms with Crippen molar-refractivity contribution in [2.24, 2.45) is 0 Å². The van der Waals surface area contributed by atoms with Gasteiger partial charge in [0.25, 0.3) is 0 Å². The van der Waals surface area contributed by atoms with Gasteiger partial charge in [-0.25, -0.2) is 0 Å². The standard InChI is InChI=1S/2BO3.Tb.Y/c2*2-1(3)4;;/q2*-3;2*+3. The number of hydrogen-bond donors (Lipinski definition) is 0. The van der Waals surface area contributed by atoms with Crippen molar-refractivity contribution in [3.05, 3.63) is 0 Å². The fourth-order valence-electron chi connectivity index (χ4n) is 0. The summed E-state index contributed by atoms with van der Waals surface area (Å²) in [6.45, 7) is 0. The minimum Gasteiger partial charge on any atom is -0.907 e. The minimum atomic E-state index is -2.92. The summed E-state index contributed by atoms with van der Waals surface area (Å²) in [6, 6.07) is 0. The Bertz CT molecular complexity index is 31.2. The van der Waals surface area contributed by atoms with Gasteiger partial charge < -0.3 is 30.1 Å². The quantitative estimate of drug-likeness (QED) is 0.391. The van der Waals surface area contributed by atoms with E-state index in [9.17, 15) is 0 Å². The second kappa shape index (κ2) is 17.4. The normalized spacial score (nSPS) is 5.40. The maximum Gasteiger partial charge on any atom is 3.00 e. The monoisotopic (exact) mass is 366 g/mol. The first-order valence-electron chi connectivity index (χ1n) is 1.41. The Balaban J connectivity index is -0.0000000300. The zero-order valence-corrected chi connectivity index (χ0v) is 9.49. The van der Waals surface area contributed by atoms with Crippen molar-refractivity contribution in [1.82, 2.24) is 0 Å². The molecule has 0 aromatic carbocycles. The van der Waals surface area contributed by atoms with Crippen LogP contribution in [0, 0.1) is 38.6 Å². The third-order valence-electron chi connectivity index (χ3n) is 0. The molecule has 0 amide bonds. The van der Waals surface area contributed by atoms with Crippen LogP contribution in [0.4, 0.5) is 0 Å². The molecule has 10 heavy (non-hydrogen) atoms. The van der Waals surface area contributed by atoms with E-state index in [4.69, 9.17) is 30.1 Å². The van der Waals surface area contributed by atoms with E-state index < -0.39 is 14.6 Å². The van der Waals surface area contributed by atoms with E-state index in [1.54, 1.807) is 0 Å². The summed E-state index contributed by atoms with van der Waals surface area (Å²) in [5.41, 5.74) is 0. The Morgan fingerprint density at radius 3 is 0.600 bits per heavy atom. The average Bonchev–Trinajstić information content (AvgIpc) is 1.25. The molecular weight excluding hydrogens is 365 g/mol. The zero-order valence-electron chi connectivity index (χ0n) is 4.51. The zero-order chi connectivity index (χ0) is 7.15. The molecule has 10 heteroatoms. The molecule has 0 N–H and O–H groups in total. The van der Waals surface area contributed by atoms with Crippen molar-refractivity contribution in [2.75, 3.05) is 0 Å². The SMILES string of the molecule is [O-]B([O-])[O-].[O-]B([O-])[O-].[Tb+3].[Y+3]. The van der Waals surface area contributed by atoms with Crippen LogP contribution < -0.4 is 30.1 Å². The molecule has 0 aliphatic carbocycles. The van der Waals surface area contributed by atoms with Crippen LogP contribution in [0.25, 0.3) is 0 Å². The van der Waals surface area contributed by atoms with Gasteiger partial charge >= 0.3 is 71.3 Å². The van der Waals surface area contributed by atoms with E-state index in [-0.39, 0.29) is 71.3 Å². The third-order valence-corrected chi connectivity index (χ3v) is 0. The van der Waals surface area contributed by atoms with E-state index in [0.29, 0.717) is 0 Å². The Hall–Kier alpha value is 2.28. The van der Waals surface area contributed by atoms with Crippen LogP contribution in [-0.2, 0) is 32.7 Å². The summed E-state index contributed by atoms with van der Waals surface area (Å²) in [5, 5.41) is 50.5. The van der Waals surface area contributed by atoms with Crippen LogP contribution >= 0.6 is 0 Å². The summed E-state index contributed by atoms with van der Waals surface area (Å²) in [7, 11) is -5.83. The molecule has 0 saturated carbocycles. The summed E-state index contributed by atoms with van der Waals surface area (Å²) >= 11 is 0. The van der Waals surface area contributed by atoms with E-state index in [0.717, 1.165) is 0 Å². The Kier molecular flexibility index (Phi) is 39.6. The molecule has 0 aliphatic rings. The predicted octanol–water partition coefficient (Wildman–Crippen LogP) is -7.90. The first-order chi connectivity index (χ1) is 3.46. The van der Waals surface area contributed by atoms with Gasteiger partial charge in [0.15, 0.2) is 0 Å².